The highest BCUT2D eigenvalue weighted by molar-refractivity contribution is 6.30. The summed E-state index contributed by atoms with van der Waals surface area (Å²) < 4.78 is 1.90. The molecule has 1 N–H and O–H groups in total. The Balaban J connectivity index is 1.41. The summed E-state index contributed by atoms with van der Waals surface area (Å²) >= 11 is 6.04. The second-order valence-electron chi connectivity index (χ2n) is 7.50. The number of amides is 1. The molecular formula is C23H24ClN3O. The van der Waals surface area contributed by atoms with Gasteiger partial charge in [0.1, 0.15) is 0 Å². The Hall–Kier alpha value is -2.59. The van der Waals surface area contributed by atoms with Crippen LogP contribution in [0.25, 0.3) is 0 Å². The van der Waals surface area contributed by atoms with Gasteiger partial charge in [-0.25, -0.2) is 0 Å². The van der Waals surface area contributed by atoms with Crippen molar-refractivity contribution in [2.75, 3.05) is 0 Å². The Labute approximate surface area is 170 Å². The van der Waals surface area contributed by atoms with E-state index >= 15 is 0 Å². The van der Waals surface area contributed by atoms with E-state index in [0.29, 0.717) is 11.6 Å². The third-order valence-corrected chi connectivity index (χ3v) is 5.92. The van der Waals surface area contributed by atoms with Gasteiger partial charge in [-0.15, -0.1) is 0 Å². The first-order valence-corrected chi connectivity index (χ1v) is 10.1. The lowest BCUT2D eigenvalue weighted by molar-refractivity contribution is -0.126. The van der Waals surface area contributed by atoms with Gasteiger partial charge in [-0.3, -0.25) is 9.48 Å². The van der Waals surface area contributed by atoms with E-state index in [1.165, 1.54) is 5.56 Å². The van der Waals surface area contributed by atoms with E-state index in [-0.39, 0.29) is 5.91 Å². The smallest absolute Gasteiger partial charge is 0.230 e. The standard InChI is InChI=1S/C23H24ClN3O/c24-21-10-8-20(9-11-21)23(12-1-2-13-23)22(28)25-16-18-4-6-19(7-5-18)17-27-15-3-14-26-27/h3-11,14-15H,1-2,12-13,16-17H2,(H,25,28). The third-order valence-electron chi connectivity index (χ3n) is 5.67. The van der Waals surface area contributed by atoms with Gasteiger partial charge in [0.05, 0.1) is 12.0 Å². The van der Waals surface area contributed by atoms with Crippen molar-refractivity contribution in [1.29, 1.82) is 0 Å². The molecule has 0 spiro atoms. The molecule has 4 nitrogen and oxygen atoms in total. The second-order valence-corrected chi connectivity index (χ2v) is 7.94. The summed E-state index contributed by atoms with van der Waals surface area (Å²) in [6, 6.07) is 18.0. The molecule has 2 aromatic carbocycles. The lowest BCUT2D eigenvalue weighted by Crippen LogP contribution is -2.42. The molecule has 1 aliphatic carbocycles. The van der Waals surface area contributed by atoms with Gasteiger partial charge < -0.3 is 5.32 Å². The maximum atomic E-state index is 13.1. The first kappa shape index (κ1) is 18.8. The van der Waals surface area contributed by atoms with Crippen LogP contribution in [0.2, 0.25) is 5.02 Å². The molecule has 1 amide bonds. The van der Waals surface area contributed by atoms with Crippen LogP contribution in [-0.4, -0.2) is 15.7 Å². The zero-order valence-electron chi connectivity index (χ0n) is 15.8. The highest BCUT2D eigenvalue weighted by Gasteiger charge is 2.42. The molecule has 0 radical (unpaired) electrons. The largest absolute Gasteiger partial charge is 0.351 e. The predicted molar refractivity (Wildman–Crippen MR) is 111 cm³/mol. The molecule has 1 fully saturated rings. The number of nitrogens with zero attached hydrogens (tertiary/aromatic N) is 2. The van der Waals surface area contributed by atoms with Gasteiger partial charge in [0.15, 0.2) is 0 Å². The van der Waals surface area contributed by atoms with Crippen molar-refractivity contribution < 1.29 is 4.79 Å². The lowest BCUT2D eigenvalue weighted by atomic mass is 9.78. The maximum Gasteiger partial charge on any atom is 0.230 e. The van der Waals surface area contributed by atoms with Gasteiger partial charge in [-0.1, -0.05) is 60.8 Å². The molecule has 0 unspecified atom stereocenters. The molecule has 5 heteroatoms. The van der Waals surface area contributed by atoms with E-state index in [1.54, 1.807) is 6.20 Å². The quantitative estimate of drug-likeness (QED) is 0.659. The number of hydrogen-bond acceptors (Lipinski definition) is 2. The van der Waals surface area contributed by atoms with Crippen molar-refractivity contribution in [3.05, 3.63) is 88.7 Å². The van der Waals surface area contributed by atoms with Crippen molar-refractivity contribution in [3.8, 4) is 0 Å². The van der Waals surface area contributed by atoms with Crippen LogP contribution in [0.3, 0.4) is 0 Å². The van der Waals surface area contributed by atoms with E-state index in [0.717, 1.165) is 43.4 Å². The normalized spacial score (nSPS) is 15.5. The minimum atomic E-state index is -0.426. The molecule has 1 heterocycles. The Kier molecular flexibility index (Phi) is 5.49. The number of nitrogens with one attached hydrogen (secondary N) is 1. The number of halogens is 1. The first-order valence-electron chi connectivity index (χ1n) is 9.75. The number of hydrogen-bond donors (Lipinski definition) is 1. The summed E-state index contributed by atoms with van der Waals surface area (Å²) in [5, 5.41) is 8.10. The topological polar surface area (TPSA) is 46.9 Å². The van der Waals surface area contributed by atoms with E-state index in [1.807, 2.05) is 41.2 Å². The molecular weight excluding hydrogens is 370 g/mol. The van der Waals surface area contributed by atoms with Crippen LogP contribution in [0.1, 0.15) is 42.4 Å². The van der Waals surface area contributed by atoms with Gasteiger partial charge in [0, 0.05) is 24.0 Å². The molecule has 1 saturated carbocycles. The van der Waals surface area contributed by atoms with E-state index < -0.39 is 5.41 Å². The Morgan fingerprint density at radius 1 is 1.04 bits per heavy atom. The molecule has 4 rings (SSSR count). The summed E-state index contributed by atoms with van der Waals surface area (Å²) in [6.07, 6.45) is 7.68. The van der Waals surface area contributed by atoms with Crippen LogP contribution in [0, 0.1) is 0 Å². The fourth-order valence-electron chi connectivity index (χ4n) is 4.09. The fourth-order valence-corrected chi connectivity index (χ4v) is 4.22. The molecule has 144 valence electrons. The highest BCUT2D eigenvalue weighted by atomic mass is 35.5. The molecule has 0 aliphatic heterocycles. The van der Waals surface area contributed by atoms with Crippen LogP contribution in [-0.2, 0) is 23.3 Å². The maximum absolute atomic E-state index is 13.1. The zero-order valence-corrected chi connectivity index (χ0v) is 16.5. The molecule has 0 bridgehead atoms. The van der Waals surface area contributed by atoms with Crippen LogP contribution in [0.5, 0.6) is 0 Å². The van der Waals surface area contributed by atoms with E-state index in [4.69, 9.17) is 11.6 Å². The fraction of sp³-hybridized carbons (Fsp3) is 0.304. The third kappa shape index (κ3) is 3.97. The Bertz CT molecular complexity index is 911. The number of aromatic nitrogens is 2. The summed E-state index contributed by atoms with van der Waals surface area (Å²) in [6.45, 7) is 1.29. The average molecular weight is 394 g/mol. The van der Waals surface area contributed by atoms with Crippen molar-refractivity contribution in [2.45, 2.75) is 44.2 Å². The van der Waals surface area contributed by atoms with Crippen molar-refractivity contribution in [2.24, 2.45) is 0 Å². The Morgan fingerprint density at radius 2 is 1.71 bits per heavy atom. The monoisotopic (exact) mass is 393 g/mol. The predicted octanol–water partition coefficient (Wildman–Crippen LogP) is 4.71. The number of carbonyl (C=O) groups is 1. The summed E-state index contributed by atoms with van der Waals surface area (Å²) in [5.74, 6) is 0.118. The van der Waals surface area contributed by atoms with Crippen LogP contribution >= 0.6 is 11.6 Å². The highest BCUT2D eigenvalue weighted by Crippen LogP contribution is 2.41. The van der Waals surface area contributed by atoms with Crippen LogP contribution < -0.4 is 5.32 Å². The van der Waals surface area contributed by atoms with Crippen molar-refractivity contribution >= 4 is 17.5 Å². The SMILES string of the molecule is O=C(NCc1ccc(Cn2cccn2)cc1)C1(c2ccc(Cl)cc2)CCCC1. The van der Waals surface area contributed by atoms with Gasteiger partial charge in [-0.05, 0) is 47.7 Å². The van der Waals surface area contributed by atoms with Gasteiger partial charge in [0.25, 0.3) is 0 Å². The molecule has 3 aromatic rings. The second kappa shape index (κ2) is 8.19. The van der Waals surface area contributed by atoms with E-state index in [2.05, 4.69) is 34.7 Å². The van der Waals surface area contributed by atoms with Crippen LogP contribution in [0.15, 0.2) is 67.0 Å². The van der Waals surface area contributed by atoms with Gasteiger partial charge in [-0.2, -0.15) is 5.10 Å². The Morgan fingerprint density at radius 3 is 2.36 bits per heavy atom. The number of rotatable bonds is 6. The summed E-state index contributed by atoms with van der Waals surface area (Å²) in [4.78, 5) is 13.1. The number of benzene rings is 2. The molecule has 1 aliphatic rings. The van der Waals surface area contributed by atoms with Gasteiger partial charge in [0.2, 0.25) is 5.91 Å². The lowest BCUT2D eigenvalue weighted by Gasteiger charge is -2.28. The van der Waals surface area contributed by atoms with E-state index in [9.17, 15) is 4.79 Å². The van der Waals surface area contributed by atoms with Gasteiger partial charge >= 0.3 is 0 Å². The van der Waals surface area contributed by atoms with Crippen molar-refractivity contribution in [3.63, 3.8) is 0 Å². The minimum absolute atomic E-state index is 0.118. The van der Waals surface area contributed by atoms with Crippen LogP contribution in [0.4, 0.5) is 0 Å². The molecule has 0 atom stereocenters. The number of carbonyl (C=O) groups excluding carboxylic acids is 1. The first-order chi connectivity index (χ1) is 13.7. The minimum Gasteiger partial charge on any atom is -0.351 e. The summed E-state index contributed by atoms with van der Waals surface area (Å²) in [5.41, 5.74) is 2.93. The summed E-state index contributed by atoms with van der Waals surface area (Å²) in [7, 11) is 0. The molecule has 1 aromatic heterocycles. The van der Waals surface area contributed by atoms with Crippen molar-refractivity contribution in [1.82, 2.24) is 15.1 Å². The molecule has 28 heavy (non-hydrogen) atoms. The zero-order chi connectivity index (χ0) is 19.4. The molecule has 0 saturated heterocycles. The average Bonchev–Trinajstić information content (AvgIpc) is 3.40.